The van der Waals surface area contributed by atoms with Gasteiger partial charge in [0.25, 0.3) is 0 Å². The number of hydrogen-bond donors (Lipinski definition) is 0. The molecule has 0 aliphatic heterocycles. The summed E-state index contributed by atoms with van der Waals surface area (Å²) in [5, 5.41) is 0. The number of Topliss-reactive ketones (excluding diaryl/α,β-unsaturated/α-hetero) is 1. The number of ketones is 2. The van der Waals surface area contributed by atoms with E-state index in [-0.39, 0.29) is 16.6 Å². The summed E-state index contributed by atoms with van der Waals surface area (Å²) in [4.78, 5) is 24.5. The van der Waals surface area contributed by atoms with Gasteiger partial charge in [-0.3, -0.25) is 9.59 Å². The fourth-order valence-electron chi connectivity index (χ4n) is 6.78. The van der Waals surface area contributed by atoms with Crippen LogP contribution in [0.15, 0.2) is 11.8 Å². The summed E-state index contributed by atoms with van der Waals surface area (Å²) in [6.45, 7) is 4.55. The Bertz CT molecular complexity index is 592. The number of rotatable bonds is 1. The zero-order chi connectivity index (χ0) is 16.4. The van der Waals surface area contributed by atoms with Crippen molar-refractivity contribution in [1.82, 2.24) is 0 Å². The highest BCUT2D eigenvalue weighted by Gasteiger charge is 2.61. The van der Waals surface area contributed by atoms with E-state index in [9.17, 15) is 9.59 Å². The van der Waals surface area contributed by atoms with Crippen LogP contribution in [0.5, 0.6) is 0 Å². The highest BCUT2D eigenvalue weighted by atomic mass is 16.5. The van der Waals surface area contributed by atoms with Crippen LogP contribution in [0.4, 0.5) is 0 Å². The van der Waals surface area contributed by atoms with Gasteiger partial charge in [-0.1, -0.05) is 13.8 Å². The van der Waals surface area contributed by atoms with Gasteiger partial charge in [-0.25, -0.2) is 0 Å². The Balaban J connectivity index is 1.74. The molecule has 126 valence electrons. The first-order valence-electron chi connectivity index (χ1n) is 9.23. The molecule has 0 aromatic rings. The van der Waals surface area contributed by atoms with E-state index in [2.05, 4.69) is 13.8 Å². The highest BCUT2D eigenvalue weighted by Crippen LogP contribution is 2.65. The number of ether oxygens (including phenoxy) is 1. The Labute approximate surface area is 138 Å². The predicted molar refractivity (Wildman–Crippen MR) is 87.6 cm³/mol. The minimum atomic E-state index is -0.0776. The minimum absolute atomic E-state index is 0.0153. The molecule has 23 heavy (non-hydrogen) atoms. The first kappa shape index (κ1) is 15.4. The Morgan fingerprint density at radius 1 is 1.09 bits per heavy atom. The molecule has 0 N–H and O–H groups in total. The third-order valence-corrected chi connectivity index (χ3v) is 8.10. The molecule has 0 heterocycles. The van der Waals surface area contributed by atoms with Gasteiger partial charge in [0.05, 0.1) is 7.11 Å². The second-order valence-electron chi connectivity index (χ2n) is 8.73. The standard InChI is InChI=1S/C20H28O3/c1-19-9-8-16-14(15(19)6-7-17(19)22)5-4-12-10-13(21)11-18(23-3)20(12,16)2/h11-12,14-16H,4-10H2,1-3H3/t12?,14-,15-,16-,19-,20-/m0/s1. The average molecular weight is 316 g/mol. The molecule has 3 nitrogen and oxygen atoms in total. The van der Waals surface area contributed by atoms with Gasteiger partial charge < -0.3 is 4.74 Å². The van der Waals surface area contributed by atoms with Crippen molar-refractivity contribution in [3.8, 4) is 0 Å². The van der Waals surface area contributed by atoms with Crippen molar-refractivity contribution in [2.24, 2.45) is 34.5 Å². The molecule has 0 saturated heterocycles. The second kappa shape index (κ2) is 4.94. The SMILES string of the molecule is COC1=CC(=O)CC2CC[C@@H]3[C@H](CC[C@]4(C)C(=O)CC[C@@H]34)[C@@]12C. The van der Waals surface area contributed by atoms with E-state index in [1.165, 1.54) is 6.42 Å². The van der Waals surface area contributed by atoms with Crippen molar-refractivity contribution in [3.05, 3.63) is 11.8 Å². The van der Waals surface area contributed by atoms with Gasteiger partial charge in [0.15, 0.2) is 5.78 Å². The Kier molecular flexibility index (Phi) is 3.31. The predicted octanol–water partition coefficient (Wildman–Crippen LogP) is 3.92. The second-order valence-corrected chi connectivity index (χ2v) is 8.73. The number of carbonyl (C=O) groups is 2. The third-order valence-electron chi connectivity index (χ3n) is 8.10. The fraction of sp³-hybridized carbons (Fsp3) is 0.800. The molecule has 4 aliphatic rings. The molecule has 0 aromatic carbocycles. The van der Waals surface area contributed by atoms with Crippen molar-refractivity contribution in [3.63, 3.8) is 0 Å². The van der Waals surface area contributed by atoms with Crippen LogP contribution in [0.1, 0.15) is 58.8 Å². The molecule has 0 bridgehead atoms. The van der Waals surface area contributed by atoms with Gasteiger partial charge in [0, 0.05) is 29.7 Å². The number of methoxy groups -OCH3 is 1. The minimum Gasteiger partial charge on any atom is -0.500 e. The van der Waals surface area contributed by atoms with Crippen LogP contribution in [0.2, 0.25) is 0 Å². The summed E-state index contributed by atoms with van der Waals surface area (Å²) >= 11 is 0. The molecule has 0 spiro atoms. The number of allylic oxidation sites excluding steroid dienone is 2. The van der Waals surface area contributed by atoms with E-state index >= 15 is 0 Å². The molecular formula is C20H28O3. The summed E-state index contributed by atoms with van der Waals surface area (Å²) in [6.07, 6.45) is 8.68. The molecule has 4 aliphatic carbocycles. The lowest BCUT2D eigenvalue weighted by atomic mass is 9.46. The molecular weight excluding hydrogens is 288 g/mol. The molecule has 3 heteroatoms. The van der Waals surface area contributed by atoms with Crippen LogP contribution in [0, 0.1) is 34.5 Å². The van der Waals surface area contributed by atoms with E-state index in [0.29, 0.717) is 35.9 Å². The van der Waals surface area contributed by atoms with Crippen molar-refractivity contribution in [2.75, 3.05) is 7.11 Å². The van der Waals surface area contributed by atoms with Gasteiger partial charge in [-0.05, 0) is 55.8 Å². The maximum atomic E-state index is 12.5. The van der Waals surface area contributed by atoms with Crippen LogP contribution in [-0.2, 0) is 14.3 Å². The smallest absolute Gasteiger partial charge is 0.159 e. The molecule has 1 unspecified atom stereocenters. The summed E-state index contributed by atoms with van der Waals surface area (Å²) in [5.41, 5.74) is -0.0929. The lowest BCUT2D eigenvalue weighted by Crippen LogP contribution is -2.54. The monoisotopic (exact) mass is 316 g/mol. The summed E-state index contributed by atoms with van der Waals surface area (Å²) < 4.78 is 5.71. The maximum Gasteiger partial charge on any atom is 0.159 e. The topological polar surface area (TPSA) is 43.4 Å². The van der Waals surface area contributed by atoms with Gasteiger partial charge in [0.1, 0.15) is 11.5 Å². The zero-order valence-electron chi connectivity index (χ0n) is 14.6. The van der Waals surface area contributed by atoms with Crippen LogP contribution in [0.3, 0.4) is 0 Å². The van der Waals surface area contributed by atoms with Crippen LogP contribution in [0.25, 0.3) is 0 Å². The lowest BCUT2D eigenvalue weighted by molar-refractivity contribution is -0.138. The van der Waals surface area contributed by atoms with Crippen LogP contribution >= 0.6 is 0 Å². The zero-order valence-corrected chi connectivity index (χ0v) is 14.6. The summed E-state index contributed by atoms with van der Waals surface area (Å²) in [7, 11) is 1.71. The molecule has 0 amide bonds. The molecule has 4 rings (SSSR count). The van der Waals surface area contributed by atoms with Gasteiger partial charge in [-0.15, -0.1) is 0 Å². The van der Waals surface area contributed by atoms with Crippen molar-refractivity contribution < 1.29 is 14.3 Å². The maximum absolute atomic E-state index is 12.5. The Morgan fingerprint density at radius 2 is 1.87 bits per heavy atom. The fourth-order valence-corrected chi connectivity index (χ4v) is 6.78. The van der Waals surface area contributed by atoms with Gasteiger partial charge >= 0.3 is 0 Å². The van der Waals surface area contributed by atoms with Crippen molar-refractivity contribution >= 4 is 11.6 Å². The number of hydrogen-bond acceptors (Lipinski definition) is 3. The molecule has 3 saturated carbocycles. The number of carbonyl (C=O) groups excluding carboxylic acids is 2. The van der Waals surface area contributed by atoms with E-state index in [0.717, 1.165) is 37.9 Å². The molecule has 6 atom stereocenters. The first-order chi connectivity index (χ1) is 10.9. The van der Waals surface area contributed by atoms with Crippen LogP contribution in [-0.4, -0.2) is 18.7 Å². The largest absolute Gasteiger partial charge is 0.500 e. The Hall–Kier alpha value is -1.12. The van der Waals surface area contributed by atoms with Crippen molar-refractivity contribution in [2.45, 2.75) is 58.8 Å². The van der Waals surface area contributed by atoms with Crippen LogP contribution < -0.4 is 0 Å². The quantitative estimate of drug-likeness (QED) is 0.736. The van der Waals surface area contributed by atoms with E-state index < -0.39 is 0 Å². The average Bonchev–Trinajstić information content (AvgIpc) is 2.83. The third kappa shape index (κ3) is 1.88. The molecule has 0 aromatic heterocycles. The van der Waals surface area contributed by atoms with E-state index in [4.69, 9.17) is 4.74 Å². The molecule has 3 fully saturated rings. The lowest BCUT2D eigenvalue weighted by Gasteiger charge is -2.58. The normalized spacial score (nSPS) is 49.1. The summed E-state index contributed by atoms with van der Waals surface area (Å²) in [6, 6.07) is 0. The van der Waals surface area contributed by atoms with Crippen molar-refractivity contribution in [1.29, 1.82) is 0 Å². The summed E-state index contributed by atoms with van der Waals surface area (Å²) in [5.74, 6) is 3.76. The molecule has 0 radical (unpaired) electrons. The van der Waals surface area contributed by atoms with Gasteiger partial charge in [0.2, 0.25) is 0 Å². The Morgan fingerprint density at radius 3 is 2.61 bits per heavy atom. The number of fused-ring (bicyclic) bond motifs is 5. The van der Waals surface area contributed by atoms with E-state index in [1.54, 1.807) is 13.2 Å². The highest BCUT2D eigenvalue weighted by molar-refractivity contribution is 5.91. The first-order valence-corrected chi connectivity index (χ1v) is 9.23. The van der Waals surface area contributed by atoms with E-state index in [1.807, 2.05) is 0 Å². The van der Waals surface area contributed by atoms with Gasteiger partial charge in [-0.2, -0.15) is 0 Å².